The molecule has 0 aromatic carbocycles. The summed E-state index contributed by atoms with van der Waals surface area (Å²) in [6.45, 7) is 7.44. The first-order valence-corrected chi connectivity index (χ1v) is 6.02. The molecule has 0 unspecified atom stereocenters. The summed E-state index contributed by atoms with van der Waals surface area (Å²) in [4.78, 5) is 6.55. The molecule has 0 amide bonds. The Hall–Kier alpha value is -0.610. The lowest BCUT2D eigenvalue weighted by molar-refractivity contribution is 0.154. The van der Waals surface area contributed by atoms with E-state index in [4.69, 9.17) is 4.74 Å². The van der Waals surface area contributed by atoms with E-state index in [1.807, 2.05) is 25.3 Å². The molecule has 15 heavy (non-hydrogen) atoms. The Morgan fingerprint density at radius 3 is 2.87 bits per heavy atom. The lowest BCUT2D eigenvalue weighted by atomic mass is 10.4. The maximum absolute atomic E-state index is 5.34. The van der Waals surface area contributed by atoms with Crippen molar-refractivity contribution in [1.82, 2.24) is 4.98 Å². The van der Waals surface area contributed by atoms with Crippen molar-refractivity contribution >= 4 is 21.7 Å². The van der Waals surface area contributed by atoms with Crippen molar-refractivity contribution in [3.63, 3.8) is 0 Å². The van der Waals surface area contributed by atoms with Crippen LogP contribution in [-0.2, 0) is 4.74 Å². The summed E-state index contributed by atoms with van der Waals surface area (Å²) < 4.78 is 6.37. The molecule has 0 aliphatic heterocycles. The fourth-order valence-electron chi connectivity index (χ4n) is 1.34. The van der Waals surface area contributed by atoms with Crippen LogP contribution in [0.3, 0.4) is 0 Å². The number of ether oxygens (including phenoxy) is 1. The van der Waals surface area contributed by atoms with E-state index in [9.17, 15) is 0 Å². The smallest absolute Gasteiger partial charge is 0.142 e. The highest BCUT2D eigenvalue weighted by Crippen LogP contribution is 2.22. The van der Waals surface area contributed by atoms with Gasteiger partial charge in [-0.1, -0.05) is 0 Å². The first kappa shape index (κ1) is 12.5. The molecule has 0 N–H and O–H groups in total. The number of aromatic nitrogens is 1. The third kappa shape index (κ3) is 3.80. The topological polar surface area (TPSA) is 25.4 Å². The van der Waals surface area contributed by atoms with Gasteiger partial charge in [0.05, 0.1) is 11.1 Å². The molecule has 0 saturated carbocycles. The number of rotatable bonds is 6. The maximum atomic E-state index is 5.34. The fourth-order valence-corrected chi connectivity index (χ4v) is 1.85. The van der Waals surface area contributed by atoms with E-state index in [1.165, 1.54) is 0 Å². The van der Waals surface area contributed by atoms with E-state index in [1.54, 1.807) is 0 Å². The summed E-state index contributed by atoms with van der Waals surface area (Å²) in [5.74, 6) is 0.986. The van der Waals surface area contributed by atoms with Crippen molar-refractivity contribution < 1.29 is 4.74 Å². The second kappa shape index (κ2) is 6.80. The summed E-state index contributed by atoms with van der Waals surface area (Å²) in [5.41, 5.74) is 0. The van der Waals surface area contributed by atoms with Gasteiger partial charge in [0.1, 0.15) is 5.82 Å². The highest BCUT2D eigenvalue weighted by molar-refractivity contribution is 9.10. The number of anilines is 1. The van der Waals surface area contributed by atoms with Crippen LogP contribution in [0, 0.1) is 0 Å². The minimum atomic E-state index is 0.743. The molecule has 0 spiro atoms. The van der Waals surface area contributed by atoms with Crippen LogP contribution in [0.15, 0.2) is 22.8 Å². The van der Waals surface area contributed by atoms with Crippen molar-refractivity contribution in [1.29, 1.82) is 0 Å². The van der Waals surface area contributed by atoms with Crippen LogP contribution < -0.4 is 4.90 Å². The predicted octanol–water partition coefficient (Wildman–Crippen LogP) is 2.71. The number of likely N-dealkylation sites (N-methyl/N-ethyl adjacent to an activating group) is 1. The van der Waals surface area contributed by atoms with Gasteiger partial charge in [0.2, 0.25) is 0 Å². The van der Waals surface area contributed by atoms with Crippen molar-refractivity contribution in [3.05, 3.63) is 22.8 Å². The summed E-state index contributed by atoms with van der Waals surface area (Å²) in [6.07, 6.45) is 1.81. The van der Waals surface area contributed by atoms with Gasteiger partial charge < -0.3 is 9.64 Å². The highest BCUT2D eigenvalue weighted by atomic mass is 79.9. The Labute approximate surface area is 99.6 Å². The van der Waals surface area contributed by atoms with Gasteiger partial charge >= 0.3 is 0 Å². The lowest BCUT2D eigenvalue weighted by Crippen LogP contribution is -2.28. The molecule has 0 aliphatic rings. The standard InChI is InChI=1S/C11H17BrN2O/c1-3-14(8-9-15-4-2)11-10(12)6-5-7-13-11/h5-7H,3-4,8-9H2,1-2H3. The van der Waals surface area contributed by atoms with E-state index >= 15 is 0 Å². The van der Waals surface area contributed by atoms with E-state index in [-0.39, 0.29) is 0 Å². The van der Waals surface area contributed by atoms with E-state index in [0.717, 1.165) is 36.6 Å². The third-order valence-corrected chi connectivity index (χ3v) is 2.75. The van der Waals surface area contributed by atoms with Crippen molar-refractivity contribution in [2.45, 2.75) is 13.8 Å². The van der Waals surface area contributed by atoms with Crippen molar-refractivity contribution in [2.75, 3.05) is 31.2 Å². The van der Waals surface area contributed by atoms with Gasteiger partial charge in [0.15, 0.2) is 0 Å². The van der Waals surface area contributed by atoms with Crippen LogP contribution in [0.5, 0.6) is 0 Å². The molecule has 0 radical (unpaired) electrons. The van der Waals surface area contributed by atoms with E-state index < -0.39 is 0 Å². The van der Waals surface area contributed by atoms with Gasteiger partial charge in [-0.15, -0.1) is 0 Å². The van der Waals surface area contributed by atoms with Crippen LogP contribution in [0.25, 0.3) is 0 Å². The number of hydrogen-bond acceptors (Lipinski definition) is 3. The molecule has 0 atom stereocenters. The number of hydrogen-bond donors (Lipinski definition) is 0. The van der Waals surface area contributed by atoms with Crippen LogP contribution in [0.1, 0.15) is 13.8 Å². The first-order valence-electron chi connectivity index (χ1n) is 5.22. The highest BCUT2D eigenvalue weighted by Gasteiger charge is 2.08. The third-order valence-electron chi connectivity index (χ3n) is 2.13. The van der Waals surface area contributed by atoms with Gasteiger partial charge in [0, 0.05) is 25.9 Å². The van der Waals surface area contributed by atoms with Gasteiger partial charge in [0.25, 0.3) is 0 Å². The SMILES string of the molecule is CCOCCN(CC)c1ncccc1Br. The van der Waals surface area contributed by atoms with Gasteiger partial charge in [-0.25, -0.2) is 4.98 Å². The number of halogens is 1. The predicted molar refractivity (Wildman–Crippen MR) is 66.3 cm³/mol. The Morgan fingerprint density at radius 2 is 2.27 bits per heavy atom. The maximum Gasteiger partial charge on any atom is 0.142 e. The van der Waals surface area contributed by atoms with Gasteiger partial charge in [-0.3, -0.25) is 0 Å². The molecular formula is C11H17BrN2O. The monoisotopic (exact) mass is 272 g/mol. The summed E-state index contributed by atoms with van der Waals surface area (Å²) in [7, 11) is 0. The van der Waals surface area contributed by atoms with Crippen LogP contribution in [0.2, 0.25) is 0 Å². The molecule has 3 nitrogen and oxygen atoms in total. The average molecular weight is 273 g/mol. The number of nitrogens with zero attached hydrogens (tertiary/aromatic N) is 2. The zero-order chi connectivity index (χ0) is 11.1. The summed E-state index contributed by atoms with van der Waals surface area (Å²) >= 11 is 3.50. The van der Waals surface area contributed by atoms with Gasteiger partial charge in [-0.2, -0.15) is 0 Å². The Balaban J connectivity index is 2.61. The van der Waals surface area contributed by atoms with Crippen molar-refractivity contribution in [2.24, 2.45) is 0 Å². The Morgan fingerprint density at radius 1 is 1.47 bits per heavy atom. The fraction of sp³-hybridized carbons (Fsp3) is 0.545. The lowest BCUT2D eigenvalue weighted by Gasteiger charge is -2.22. The van der Waals surface area contributed by atoms with E-state index in [2.05, 4.69) is 32.7 Å². The number of pyridine rings is 1. The van der Waals surface area contributed by atoms with Crippen LogP contribution in [0.4, 0.5) is 5.82 Å². The molecule has 0 saturated heterocycles. The first-order chi connectivity index (χ1) is 7.29. The average Bonchev–Trinajstić information content (AvgIpc) is 2.26. The van der Waals surface area contributed by atoms with E-state index in [0.29, 0.717) is 0 Å². The van der Waals surface area contributed by atoms with Gasteiger partial charge in [-0.05, 0) is 41.9 Å². The Bertz CT molecular complexity index is 294. The molecule has 1 aromatic heterocycles. The molecule has 0 fully saturated rings. The molecule has 1 rings (SSSR count). The summed E-state index contributed by atoms with van der Waals surface area (Å²) in [5, 5.41) is 0. The Kier molecular flexibility index (Phi) is 5.65. The molecule has 0 aliphatic carbocycles. The minimum Gasteiger partial charge on any atom is -0.380 e. The normalized spacial score (nSPS) is 10.3. The molecule has 84 valence electrons. The molecule has 1 heterocycles. The van der Waals surface area contributed by atoms with Crippen molar-refractivity contribution in [3.8, 4) is 0 Å². The molecule has 1 aromatic rings. The largest absolute Gasteiger partial charge is 0.380 e. The second-order valence-corrected chi connectivity index (χ2v) is 3.94. The zero-order valence-electron chi connectivity index (χ0n) is 9.24. The molecular weight excluding hydrogens is 256 g/mol. The minimum absolute atomic E-state index is 0.743. The second-order valence-electron chi connectivity index (χ2n) is 3.09. The van der Waals surface area contributed by atoms with Crippen LogP contribution in [-0.4, -0.2) is 31.3 Å². The molecule has 4 heteroatoms. The molecule has 0 bridgehead atoms. The quantitative estimate of drug-likeness (QED) is 0.745. The van der Waals surface area contributed by atoms with Crippen LogP contribution >= 0.6 is 15.9 Å². The zero-order valence-corrected chi connectivity index (χ0v) is 10.8. The summed E-state index contributed by atoms with van der Waals surface area (Å²) in [6, 6.07) is 3.93.